The fourth-order valence-corrected chi connectivity index (χ4v) is 3.66. The van der Waals surface area contributed by atoms with Gasteiger partial charge >= 0.3 is 0 Å². The minimum Gasteiger partial charge on any atom is -0.496 e. The Labute approximate surface area is 159 Å². The molecular weight excluding hydrogens is 411 g/mol. The maximum Gasteiger partial charge on any atom is 0.122 e. The van der Waals surface area contributed by atoms with Crippen LogP contribution in [0.3, 0.4) is 0 Å². The van der Waals surface area contributed by atoms with Crippen molar-refractivity contribution < 1.29 is 9.47 Å². The number of hydrogen-bond donors (Lipinski definition) is 0. The third-order valence-electron chi connectivity index (χ3n) is 4.40. The summed E-state index contributed by atoms with van der Waals surface area (Å²) in [6.07, 6.45) is 5.71. The van der Waals surface area contributed by atoms with Gasteiger partial charge in [-0.2, -0.15) is 0 Å². The van der Waals surface area contributed by atoms with Gasteiger partial charge in [0, 0.05) is 17.3 Å². The van der Waals surface area contributed by atoms with Gasteiger partial charge in [0.1, 0.15) is 5.75 Å². The summed E-state index contributed by atoms with van der Waals surface area (Å²) in [5.74, 6) is 1.67. The van der Waals surface area contributed by atoms with E-state index >= 15 is 0 Å². The number of hydrogen-bond acceptors (Lipinski definition) is 2. The first-order valence-corrected chi connectivity index (χ1v) is 9.66. The molecule has 1 unspecified atom stereocenters. The van der Waals surface area contributed by atoms with E-state index in [9.17, 15) is 0 Å². The Morgan fingerprint density at radius 2 is 1.79 bits per heavy atom. The standard InChI is InChI=1S/C21H27IO2/c1-23-14-13-18(15-17-7-4-3-5-8-17)9-6-10-19-16-20(22)11-12-21(19)24-2/h3-5,7-8,11-12,16,18H,6,9-10,13-15H2,1-2H3. The molecule has 0 saturated carbocycles. The van der Waals surface area contributed by atoms with E-state index in [4.69, 9.17) is 9.47 Å². The fourth-order valence-electron chi connectivity index (χ4n) is 3.10. The van der Waals surface area contributed by atoms with Crippen molar-refractivity contribution in [2.75, 3.05) is 20.8 Å². The van der Waals surface area contributed by atoms with E-state index < -0.39 is 0 Å². The van der Waals surface area contributed by atoms with E-state index in [1.165, 1.54) is 27.5 Å². The van der Waals surface area contributed by atoms with Crippen molar-refractivity contribution in [2.24, 2.45) is 5.92 Å². The van der Waals surface area contributed by atoms with Crippen LogP contribution in [0.1, 0.15) is 30.4 Å². The van der Waals surface area contributed by atoms with Crippen LogP contribution in [0.25, 0.3) is 0 Å². The summed E-state index contributed by atoms with van der Waals surface area (Å²) in [5.41, 5.74) is 2.74. The highest BCUT2D eigenvalue weighted by Crippen LogP contribution is 2.25. The summed E-state index contributed by atoms with van der Waals surface area (Å²) in [6, 6.07) is 17.2. The zero-order valence-electron chi connectivity index (χ0n) is 14.6. The molecule has 24 heavy (non-hydrogen) atoms. The molecule has 0 aliphatic heterocycles. The minimum atomic E-state index is 0.668. The lowest BCUT2D eigenvalue weighted by Gasteiger charge is -2.17. The van der Waals surface area contributed by atoms with Crippen molar-refractivity contribution >= 4 is 22.6 Å². The average Bonchev–Trinajstić information content (AvgIpc) is 2.60. The zero-order chi connectivity index (χ0) is 17.2. The van der Waals surface area contributed by atoms with Gasteiger partial charge in [0.15, 0.2) is 0 Å². The minimum absolute atomic E-state index is 0.668. The van der Waals surface area contributed by atoms with Crippen molar-refractivity contribution in [3.63, 3.8) is 0 Å². The zero-order valence-corrected chi connectivity index (χ0v) is 16.8. The third kappa shape index (κ3) is 6.44. The lowest BCUT2D eigenvalue weighted by Crippen LogP contribution is -2.09. The second-order valence-electron chi connectivity index (χ2n) is 6.19. The summed E-state index contributed by atoms with van der Waals surface area (Å²) in [6.45, 7) is 0.837. The van der Waals surface area contributed by atoms with Crippen LogP contribution in [0.4, 0.5) is 0 Å². The number of halogens is 1. The first-order chi connectivity index (χ1) is 11.7. The highest BCUT2D eigenvalue weighted by molar-refractivity contribution is 14.1. The molecule has 0 saturated heterocycles. The predicted octanol–water partition coefficient (Wildman–Crippen LogP) is 5.52. The summed E-state index contributed by atoms with van der Waals surface area (Å²) < 4.78 is 12.1. The van der Waals surface area contributed by atoms with E-state index in [0.717, 1.165) is 31.6 Å². The highest BCUT2D eigenvalue weighted by atomic mass is 127. The van der Waals surface area contributed by atoms with Gasteiger partial charge < -0.3 is 9.47 Å². The Morgan fingerprint density at radius 3 is 2.50 bits per heavy atom. The molecule has 130 valence electrons. The van der Waals surface area contributed by atoms with Crippen LogP contribution in [0, 0.1) is 9.49 Å². The van der Waals surface area contributed by atoms with Crippen LogP contribution in [-0.4, -0.2) is 20.8 Å². The smallest absolute Gasteiger partial charge is 0.122 e. The van der Waals surface area contributed by atoms with Gasteiger partial charge in [-0.1, -0.05) is 30.3 Å². The number of benzene rings is 2. The van der Waals surface area contributed by atoms with Gasteiger partial charge in [-0.3, -0.25) is 0 Å². The van der Waals surface area contributed by atoms with Gasteiger partial charge in [-0.25, -0.2) is 0 Å². The molecule has 0 spiro atoms. The Hall–Kier alpha value is -1.07. The molecule has 0 heterocycles. The molecule has 2 nitrogen and oxygen atoms in total. The molecule has 2 aromatic carbocycles. The van der Waals surface area contributed by atoms with Crippen molar-refractivity contribution in [3.05, 3.63) is 63.2 Å². The first-order valence-electron chi connectivity index (χ1n) is 8.58. The van der Waals surface area contributed by atoms with Crippen LogP contribution < -0.4 is 4.74 Å². The summed E-state index contributed by atoms with van der Waals surface area (Å²) in [4.78, 5) is 0. The Morgan fingerprint density at radius 1 is 1.00 bits per heavy atom. The lowest BCUT2D eigenvalue weighted by atomic mass is 9.90. The van der Waals surface area contributed by atoms with Gasteiger partial charge in [0.25, 0.3) is 0 Å². The molecule has 0 aromatic heterocycles. The van der Waals surface area contributed by atoms with Crippen LogP contribution in [-0.2, 0) is 17.6 Å². The number of rotatable bonds is 10. The van der Waals surface area contributed by atoms with Crippen LogP contribution in [0.15, 0.2) is 48.5 Å². The van der Waals surface area contributed by atoms with E-state index in [-0.39, 0.29) is 0 Å². The average molecular weight is 438 g/mol. The molecule has 0 aliphatic rings. The molecule has 1 atom stereocenters. The van der Waals surface area contributed by atoms with E-state index in [1.807, 2.05) is 0 Å². The van der Waals surface area contributed by atoms with E-state index in [2.05, 4.69) is 71.1 Å². The topological polar surface area (TPSA) is 18.5 Å². The largest absolute Gasteiger partial charge is 0.496 e. The van der Waals surface area contributed by atoms with Crippen molar-refractivity contribution in [3.8, 4) is 5.75 Å². The monoisotopic (exact) mass is 438 g/mol. The fraction of sp³-hybridized carbons (Fsp3) is 0.429. The molecule has 0 fully saturated rings. The summed E-state index contributed by atoms with van der Waals surface area (Å²) in [5, 5.41) is 0. The normalized spacial score (nSPS) is 12.1. The highest BCUT2D eigenvalue weighted by Gasteiger charge is 2.11. The number of ether oxygens (including phenoxy) is 2. The maximum atomic E-state index is 5.50. The molecule has 0 N–H and O–H groups in total. The predicted molar refractivity (Wildman–Crippen MR) is 109 cm³/mol. The van der Waals surface area contributed by atoms with Gasteiger partial charge in [0.05, 0.1) is 7.11 Å². The van der Waals surface area contributed by atoms with Crippen LogP contribution in [0.5, 0.6) is 5.75 Å². The Kier molecular flexibility index (Phi) is 8.60. The van der Waals surface area contributed by atoms with Crippen molar-refractivity contribution in [1.29, 1.82) is 0 Å². The lowest BCUT2D eigenvalue weighted by molar-refractivity contribution is 0.174. The summed E-state index contributed by atoms with van der Waals surface area (Å²) >= 11 is 2.36. The first kappa shape index (κ1) is 19.3. The second-order valence-corrected chi connectivity index (χ2v) is 7.43. The molecule has 2 aromatic rings. The third-order valence-corrected chi connectivity index (χ3v) is 5.07. The van der Waals surface area contributed by atoms with E-state index in [1.54, 1.807) is 14.2 Å². The van der Waals surface area contributed by atoms with Crippen LogP contribution >= 0.6 is 22.6 Å². The Bertz CT molecular complexity index is 598. The molecule has 0 radical (unpaired) electrons. The quantitative estimate of drug-likeness (QED) is 0.455. The van der Waals surface area contributed by atoms with E-state index in [0.29, 0.717) is 5.92 Å². The molecule has 2 rings (SSSR count). The van der Waals surface area contributed by atoms with Crippen molar-refractivity contribution in [1.82, 2.24) is 0 Å². The van der Waals surface area contributed by atoms with Crippen LogP contribution in [0.2, 0.25) is 0 Å². The number of aryl methyl sites for hydroxylation is 1. The Balaban J connectivity index is 1.91. The molecular formula is C21H27IO2. The van der Waals surface area contributed by atoms with Gasteiger partial charge in [-0.05, 0) is 89.9 Å². The number of methoxy groups -OCH3 is 2. The molecule has 0 amide bonds. The summed E-state index contributed by atoms with van der Waals surface area (Å²) in [7, 11) is 3.54. The molecule has 0 bridgehead atoms. The van der Waals surface area contributed by atoms with Gasteiger partial charge in [0.2, 0.25) is 0 Å². The maximum absolute atomic E-state index is 5.50. The molecule has 3 heteroatoms. The van der Waals surface area contributed by atoms with Gasteiger partial charge in [-0.15, -0.1) is 0 Å². The van der Waals surface area contributed by atoms with Crippen molar-refractivity contribution in [2.45, 2.75) is 32.1 Å². The molecule has 0 aliphatic carbocycles. The SMILES string of the molecule is COCCC(CCCc1cc(I)ccc1OC)Cc1ccccc1. The second kappa shape index (κ2) is 10.7.